The van der Waals surface area contributed by atoms with Gasteiger partial charge in [0.1, 0.15) is 4.21 Å². The van der Waals surface area contributed by atoms with Gasteiger partial charge in [0.2, 0.25) is 0 Å². The second-order valence-electron chi connectivity index (χ2n) is 6.51. The minimum atomic E-state index is -3.66. The average molecular weight is 438 g/mol. The van der Waals surface area contributed by atoms with Crippen LogP contribution in [0.25, 0.3) is 0 Å². The van der Waals surface area contributed by atoms with E-state index in [1.54, 1.807) is 42.8 Å². The van der Waals surface area contributed by atoms with Crippen LogP contribution >= 0.6 is 11.3 Å². The van der Waals surface area contributed by atoms with Gasteiger partial charge >= 0.3 is 11.8 Å². The molecule has 10 heteroatoms. The van der Waals surface area contributed by atoms with E-state index in [2.05, 4.69) is 10.6 Å². The Morgan fingerprint density at radius 1 is 1.24 bits per heavy atom. The predicted octanol–water partition coefficient (Wildman–Crippen LogP) is 1.98. The Kier molecular flexibility index (Phi) is 6.88. The number of hydrogen-bond donors (Lipinski definition) is 2. The number of rotatable bonds is 7. The number of aryl methyl sites for hydroxylation is 1. The van der Waals surface area contributed by atoms with Gasteiger partial charge in [0, 0.05) is 32.5 Å². The number of hydrogen-bond acceptors (Lipinski definition) is 6. The third-order valence-electron chi connectivity index (χ3n) is 4.48. The van der Waals surface area contributed by atoms with Gasteiger partial charge in [-0.15, -0.1) is 11.3 Å². The molecule has 1 aromatic carbocycles. The highest BCUT2D eigenvalue weighted by Gasteiger charge is 2.30. The average Bonchev–Trinajstić information content (AvgIpc) is 3.26. The number of fused-ring (bicyclic) bond motifs is 1. The number of methoxy groups -OCH3 is 1. The van der Waals surface area contributed by atoms with E-state index in [0.717, 1.165) is 12.0 Å². The smallest absolute Gasteiger partial charge is 0.313 e. The number of nitrogens with zero attached hydrogens (tertiary/aromatic N) is 1. The molecule has 156 valence electrons. The third-order valence-corrected chi connectivity index (χ3v) is 7.66. The molecule has 2 aromatic rings. The van der Waals surface area contributed by atoms with Gasteiger partial charge in [-0.3, -0.25) is 13.9 Å². The number of ether oxygens (including phenoxy) is 1. The first kappa shape index (κ1) is 21.3. The minimum absolute atomic E-state index is 0.273. The Labute approximate surface area is 173 Å². The molecule has 0 saturated carbocycles. The second kappa shape index (κ2) is 9.38. The summed E-state index contributed by atoms with van der Waals surface area (Å²) in [4.78, 5) is 24.0. The number of anilines is 2. The van der Waals surface area contributed by atoms with E-state index in [1.165, 1.54) is 15.6 Å². The topological polar surface area (TPSA) is 105 Å². The number of nitrogens with one attached hydrogen (secondary N) is 2. The molecular weight excluding hydrogens is 414 g/mol. The SMILES string of the molecule is COCCCNC(=O)C(=O)Nc1ccc2c(c1)N(S(=O)(=O)c1cccs1)CCC2. The zero-order chi connectivity index (χ0) is 20.9. The third kappa shape index (κ3) is 4.95. The van der Waals surface area contributed by atoms with Crippen molar-refractivity contribution >= 4 is 44.5 Å². The van der Waals surface area contributed by atoms with Crippen LogP contribution < -0.4 is 14.9 Å². The molecule has 8 nitrogen and oxygen atoms in total. The van der Waals surface area contributed by atoms with Gasteiger partial charge in [-0.2, -0.15) is 0 Å². The van der Waals surface area contributed by atoms with Crippen molar-refractivity contribution in [3.05, 3.63) is 41.3 Å². The van der Waals surface area contributed by atoms with Crippen molar-refractivity contribution in [1.29, 1.82) is 0 Å². The first-order valence-corrected chi connectivity index (χ1v) is 11.5. The van der Waals surface area contributed by atoms with Crippen molar-refractivity contribution in [1.82, 2.24) is 5.32 Å². The highest BCUT2D eigenvalue weighted by molar-refractivity contribution is 7.94. The quantitative estimate of drug-likeness (QED) is 0.509. The lowest BCUT2D eigenvalue weighted by Gasteiger charge is -2.30. The van der Waals surface area contributed by atoms with E-state index in [0.29, 0.717) is 43.9 Å². The summed E-state index contributed by atoms with van der Waals surface area (Å²) in [6.07, 6.45) is 2.07. The van der Waals surface area contributed by atoms with E-state index >= 15 is 0 Å². The zero-order valence-electron chi connectivity index (χ0n) is 16.0. The number of thiophene rings is 1. The molecule has 0 atom stereocenters. The highest BCUT2D eigenvalue weighted by atomic mass is 32.2. The van der Waals surface area contributed by atoms with E-state index in [4.69, 9.17) is 4.74 Å². The van der Waals surface area contributed by atoms with Gasteiger partial charge in [0.15, 0.2) is 0 Å². The van der Waals surface area contributed by atoms with Gasteiger partial charge in [-0.1, -0.05) is 12.1 Å². The number of carbonyl (C=O) groups is 2. The lowest BCUT2D eigenvalue weighted by atomic mass is 10.0. The fraction of sp³-hybridized carbons (Fsp3) is 0.368. The second-order valence-corrected chi connectivity index (χ2v) is 9.55. The van der Waals surface area contributed by atoms with Crippen LogP contribution in [0.1, 0.15) is 18.4 Å². The van der Waals surface area contributed by atoms with E-state index in [-0.39, 0.29) is 4.21 Å². The fourth-order valence-electron chi connectivity index (χ4n) is 3.07. The molecule has 0 radical (unpaired) electrons. The van der Waals surface area contributed by atoms with Crippen molar-refractivity contribution in [2.45, 2.75) is 23.5 Å². The van der Waals surface area contributed by atoms with Gasteiger partial charge < -0.3 is 15.4 Å². The van der Waals surface area contributed by atoms with Crippen molar-refractivity contribution in [3.63, 3.8) is 0 Å². The molecule has 2 N–H and O–H groups in total. The summed E-state index contributed by atoms with van der Waals surface area (Å²) in [6.45, 7) is 1.18. The van der Waals surface area contributed by atoms with Gasteiger partial charge in [0.05, 0.1) is 5.69 Å². The summed E-state index contributed by atoms with van der Waals surface area (Å²) >= 11 is 1.17. The van der Waals surface area contributed by atoms with E-state index in [9.17, 15) is 18.0 Å². The molecule has 1 aromatic heterocycles. The predicted molar refractivity (Wildman–Crippen MR) is 112 cm³/mol. The molecule has 1 aliphatic heterocycles. The molecule has 3 rings (SSSR count). The van der Waals surface area contributed by atoms with Crippen LogP contribution in [0.4, 0.5) is 11.4 Å². The molecule has 0 saturated heterocycles. The van der Waals surface area contributed by atoms with Crippen molar-refractivity contribution in [2.24, 2.45) is 0 Å². The molecule has 29 heavy (non-hydrogen) atoms. The standard InChI is InChI=1S/C19H23N3O5S2/c1-27-11-4-9-20-18(23)19(24)21-15-8-7-14-5-2-10-22(16(14)13-15)29(25,26)17-6-3-12-28-17/h3,6-8,12-13H,2,4-5,9-11H2,1H3,(H,20,23)(H,21,24). The number of sulfonamides is 1. The molecule has 2 heterocycles. The monoisotopic (exact) mass is 437 g/mol. The summed E-state index contributed by atoms with van der Waals surface area (Å²) in [5.41, 5.74) is 1.79. The molecule has 0 unspecified atom stereocenters. The molecular formula is C19H23N3O5S2. The lowest BCUT2D eigenvalue weighted by Crippen LogP contribution is -2.37. The van der Waals surface area contributed by atoms with Crippen molar-refractivity contribution in [3.8, 4) is 0 Å². The molecule has 0 spiro atoms. The molecule has 0 bridgehead atoms. The van der Waals surface area contributed by atoms with Crippen molar-refractivity contribution < 1.29 is 22.7 Å². The van der Waals surface area contributed by atoms with Gasteiger partial charge in [0.25, 0.3) is 10.0 Å². The summed E-state index contributed by atoms with van der Waals surface area (Å²) in [7, 11) is -2.10. The maximum absolute atomic E-state index is 13.0. The Hall–Kier alpha value is -2.43. The van der Waals surface area contributed by atoms with Crippen LogP contribution in [-0.4, -0.2) is 47.0 Å². The Bertz CT molecular complexity index is 974. The van der Waals surface area contributed by atoms with Crippen molar-refractivity contribution in [2.75, 3.05) is 36.4 Å². The maximum atomic E-state index is 13.0. The van der Waals surface area contributed by atoms with Crippen LogP contribution in [0.5, 0.6) is 0 Å². The summed E-state index contributed by atoms with van der Waals surface area (Å²) in [6, 6.07) is 8.35. The molecule has 2 amide bonds. The summed E-state index contributed by atoms with van der Waals surface area (Å²) < 4.78 is 32.5. The molecule has 1 aliphatic rings. The maximum Gasteiger partial charge on any atom is 0.313 e. The van der Waals surface area contributed by atoms with E-state index < -0.39 is 21.8 Å². The van der Waals surface area contributed by atoms with Crippen LogP contribution in [0.2, 0.25) is 0 Å². The largest absolute Gasteiger partial charge is 0.385 e. The normalized spacial score (nSPS) is 13.6. The molecule has 0 fully saturated rings. The lowest BCUT2D eigenvalue weighted by molar-refractivity contribution is -0.136. The Morgan fingerprint density at radius 2 is 2.07 bits per heavy atom. The fourth-order valence-corrected chi connectivity index (χ4v) is 5.71. The number of benzene rings is 1. The van der Waals surface area contributed by atoms with Crippen LogP contribution in [0.15, 0.2) is 39.9 Å². The first-order chi connectivity index (χ1) is 13.9. The first-order valence-electron chi connectivity index (χ1n) is 9.21. The highest BCUT2D eigenvalue weighted by Crippen LogP contribution is 2.35. The number of amides is 2. The Morgan fingerprint density at radius 3 is 2.79 bits per heavy atom. The van der Waals surface area contributed by atoms with Crippen LogP contribution in [0, 0.1) is 0 Å². The minimum Gasteiger partial charge on any atom is -0.385 e. The van der Waals surface area contributed by atoms with Gasteiger partial charge in [-0.25, -0.2) is 8.42 Å². The van der Waals surface area contributed by atoms with Crippen LogP contribution in [0.3, 0.4) is 0 Å². The summed E-state index contributed by atoms with van der Waals surface area (Å²) in [5.74, 6) is -1.55. The van der Waals surface area contributed by atoms with Crippen LogP contribution in [-0.2, 0) is 30.8 Å². The zero-order valence-corrected chi connectivity index (χ0v) is 17.6. The summed E-state index contributed by atoms with van der Waals surface area (Å²) in [5, 5.41) is 6.78. The van der Waals surface area contributed by atoms with E-state index in [1.807, 2.05) is 0 Å². The Balaban J connectivity index is 1.76. The number of carbonyl (C=O) groups excluding carboxylic acids is 2. The van der Waals surface area contributed by atoms with Gasteiger partial charge in [-0.05, 0) is 48.4 Å². The molecule has 0 aliphatic carbocycles.